The van der Waals surface area contributed by atoms with E-state index in [4.69, 9.17) is 9.47 Å². The first-order valence-corrected chi connectivity index (χ1v) is 14.5. The van der Waals surface area contributed by atoms with Crippen molar-refractivity contribution in [3.63, 3.8) is 0 Å². The largest absolute Gasteiger partial charge is 0.492 e. The summed E-state index contributed by atoms with van der Waals surface area (Å²) in [6, 6.07) is 14.4. The molecule has 12 heteroatoms. The molecule has 9 nitrogen and oxygen atoms in total. The molecule has 1 fully saturated rings. The van der Waals surface area contributed by atoms with Crippen molar-refractivity contribution in [3.8, 4) is 11.5 Å². The zero-order valence-corrected chi connectivity index (χ0v) is 23.2. The van der Waals surface area contributed by atoms with Gasteiger partial charge in [0, 0.05) is 18.0 Å². The van der Waals surface area contributed by atoms with Gasteiger partial charge in [-0.3, -0.25) is 9.48 Å². The lowest BCUT2D eigenvalue weighted by Gasteiger charge is -2.24. The summed E-state index contributed by atoms with van der Waals surface area (Å²) in [6.07, 6.45) is -0.218. The molecular formula is C29H29F2N3O6S. The first-order valence-electron chi connectivity index (χ1n) is 13.1. The van der Waals surface area contributed by atoms with Gasteiger partial charge in [-0.05, 0) is 74.9 Å². The molecule has 1 N–H and O–H groups in total. The lowest BCUT2D eigenvalue weighted by molar-refractivity contribution is -0.136. The van der Waals surface area contributed by atoms with Crippen LogP contribution in [0.4, 0.5) is 8.78 Å². The number of rotatable bonds is 10. The van der Waals surface area contributed by atoms with Gasteiger partial charge in [0.1, 0.15) is 29.7 Å². The van der Waals surface area contributed by atoms with E-state index in [0.717, 1.165) is 0 Å². The predicted molar refractivity (Wildman–Crippen MR) is 146 cm³/mol. The van der Waals surface area contributed by atoms with E-state index in [1.165, 1.54) is 57.5 Å². The molecule has 0 bridgehead atoms. The van der Waals surface area contributed by atoms with Gasteiger partial charge < -0.3 is 14.6 Å². The Labute approximate surface area is 236 Å². The molecule has 1 aromatic heterocycles. The van der Waals surface area contributed by atoms with Crippen LogP contribution in [0, 0.1) is 11.6 Å². The number of aromatic nitrogens is 2. The van der Waals surface area contributed by atoms with E-state index in [2.05, 4.69) is 5.10 Å². The molecule has 41 heavy (non-hydrogen) atoms. The van der Waals surface area contributed by atoms with E-state index in [1.54, 1.807) is 18.2 Å². The molecule has 2 heterocycles. The molecule has 3 aromatic carbocycles. The van der Waals surface area contributed by atoms with Crippen LogP contribution >= 0.6 is 0 Å². The molecule has 2 atom stereocenters. The van der Waals surface area contributed by atoms with Crippen molar-refractivity contribution in [2.75, 3.05) is 13.2 Å². The topological polar surface area (TPSA) is 111 Å². The van der Waals surface area contributed by atoms with Gasteiger partial charge in [0.2, 0.25) is 10.0 Å². The second kappa shape index (κ2) is 11.5. The SMILES string of the molecule is CC(C)Oc1ccc(S(=O)(=O)N2C[C@H](n3nc(CC(=O)O)c4ccc(F)cc43)C[C@@H]2COc2cccc(F)c2)cc1. The molecule has 0 saturated carbocycles. The highest BCUT2D eigenvalue weighted by Gasteiger charge is 2.42. The number of hydrogen-bond acceptors (Lipinski definition) is 6. The number of sulfonamides is 1. The van der Waals surface area contributed by atoms with Crippen LogP contribution in [0.15, 0.2) is 71.6 Å². The summed E-state index contributed by atoms with van der Waals surface area (Å²) >= 11 is 0. The third-order valence-electron chi connectivity index (χ3n) is 6.79. The molecule has 0 spiro atoms. The second-order valence-electron chi connectivity index (χ2n) is 10.1. The summed E-state index contributed by atoms with van der Waals surface area (Å²) in [5, 5.41) is 14.3. The third-order valence-corrected chi connectivity index (χ3v) is 8.73. The van der Waals surface area contributed by atoms with E-state index < -0.39 is 39.7 Å². The van der Waals surface area contributed by atoms with Gasteiger partial charge in [-0.2, -0.15) is 9.40 Å². The Bertz CT molecular complexity index is 1670. The van der Waals surface area contributed by atoms with Gasteiger partial charge in [-0.25, -0.2) is 17.2 Å². The van der Waals surface area contributed by atoms with Crippen molar-refractivity contribution < 1.29 is 36.6 Å². The summed E-state index contributed by atoms with van der Waals surface area (Å²) in [7, 11) is -4.05. The lowest BCUT2D eigenvalue weighted by Crippen LogP contribution is -2.39. The van der Waals surface area contributed by atoms with Crippen molar-refractivity contribution in [1.29, 1.82) is 0 Å². The van der Waals surface area contributed by atoms with E-state index in [0.29, 0.717) is 16.7 Å². The zero-order chi connectivity index (χ0) is 29.3. The molecule has 1 aliphatic heterocycles. The highest BCUT2D eigenvalue weighted by atomic mass is 32.2. The minimum atomic E-state index is -4.05. The first kappa shape index (κ1) is 28.5. The summed E-state index contributed by atoms with van der Waals surface area (Å²) in [4.78, 5) is 11.5. The number of benzene rings is 3. The fraction of sp³-hybridized carbons (Fsp3) is 0.310. The molecule has 4 aromatic rings. The molecule has 1 aliphatic rings. The fourth-order valence-electron chi connectivity index (χ4n) is 5.06. The maximum atomic E-state index is 14.3. The van der Waals surface area contributed by atoms with Crippen LogP contribution in [-0.4, -0.2) is 58.9 Å². The summed E-state index contributed by atoms with van der Waals surface area (Å²) in [5.41, 5.74) is 0.618. The number of fused-ring (bicyclic) bond motifs is 1. The normalized spacial score (nSPS) is 17.8. The van der Waals surface area contributed by atoms with Crippen molar-refractivity contribution in [1.82, 2.24) is 14.1 Å². The van der Waals surface area contributed by atoms with Crippen LogP contribution < -0.4 is 9.47 Å². The Morgan fingerprint density at radius 1 is 1.05 bits per heavy atom. The Balaban J connectivity index is 1.50. The highest BCUT2D eigenvalue weighted by molar-refractivity contribution is 7.89. The number of ether oxygens (including phenoxy) is 2. The molecular weight excluding hydrogens is 556 g/mol. The van der Waals surface area contributed by atoms with E-state index >= 15 is 0 Å². The number of aliphatic carboxylic acids is 1. The van der Waals surface area contributed by atoms with Crippen molar-refractivity contribution >= 4 is 26.9 Å². The zero-order valence-electron chi connectivity index (χ0n) is 22.4. The number of hydrogen-bond donors (Lipinski definition) is 1. The van der Waals surface area contributed by atoms with E-state index in [1.807, 2.05) is 13.8 Å². The lowest BCUT2D eigenvalue weighted by atomic mass is 10.1. The van der Waals surface area contributed by atoms with Crippen LogP contribution in [-0.2, 0) is 21.2 Å². The van der Waals surface area contributed by atoms with Gasteiger partial charge in [-0.1, -0.05) is 6.07 Å². The minimum Gasteiger partial charge on any atom is -0.492 e. The van der Waals surface area contributed by atoms with Gasteiger partial charge >= 0.3 is 5.97 Å². The number of carboxylic acid groups (broad SMARTS) is 1. The molecule has 5 rings (SSSR count). The van der Waals surface area contributed by atoms with Crippen LogP contribution in [0.5, 0.6) is 11.5 Å². The summed E-state index contributed by atoms with van der Waals surface area (Å²) < 4.78 is 70.0. The smallest absolute Gasteiger partial charge is 0.309 e. The van der Waals surface area contributed by atoms with Gasteiger partial charge in [0.25, 0.3) is 0 Å². The van der Waals surface area contributed by atoms with Crippen molar-refractivity contribution in [3.05, 3.63) is 84.1 Å². The maximum Gasteiger partial charge on any atom is 0.309 e. The highest BCUT2D eigenvalue weighted by Crippen LogP contribution is 2.36. The molecule has 216 valence electrons. The third kappa shape index (κ3) is 6.18. The number of halogens is 2. The molecule has 0 aliphatic carbocycles. The number of carboxylic acids is 1. The van der Waals surface area contributed by atoms with Crippen LogP contribution in [0.1, 0.15) is 32.0 Å². The van der Waals surface area contributed by atoms with Crippen LogP contribution in [0.3, 0.4) is 0 Å². The fourth-order valence-corrected chi connectivity index (χ4v) is 6.72. The molecule has 0 amide bonds. The average Bonchev–Trinajstić information content (AvgIpc) is 3.49. The van der Waals surface area contributed by atoms with Gasteiger partial charge in [0.05, 0.1) is 40.7 Å². The number of nitrogens with zero attached hydrogens (tertiary/aromatic N) is 3. The van der Waals surface area contributed by atoms with E-state index in [9.17, 15) is 27.1 Å². The maximum absolute atomic E-state index is 14.3. The summed E-state index contributed by atoms with van der Waals surface area (Å²) in [5.74, 6) is -1.34. The predicted octanol–water partition coefficient (Wildman–Crippen LogP) is 4.81. The van der Waals surface area contributed by atoms with Crippen LogP contribution in [0.2, 0.25) is 0 Å². The first-order chi connectivity index (χ1) is 19.5. The Kier molecular flexibility index (Phi) is 7.96. The van der Waals surface area contributed by atoms with Crippen LogP contribution in [0.25, 0.3) is 10.9 Å². The summed E-state index contributed by atoms with van der Waals surface area (Å²) in [6.45, 7) is 3.63. The second-order valence-corrected chi connectivity index (χ2v) is 12.0. The van der Waals surface area contributed by atoms with Crippen molar-refractivity contribution in [2.45, 2.75) is 49.8 Å². The monoisotopic (exact) mass is 585 g/mol. The average molecular weight is 586 g/mol. The van der Waals surface area contributed by atoms with Gasteiger partial charge in [0.15, 0.2) is 0 Å². The quantitative estimate of drug-likeness (QED) is 0.284. The minimum absolute atomic E-state index is 0.0242. The Hall–Kier alpha value is -4.03. The van der Waals surface area contributed by atoms with Gasteiger partial charge in [-0.15, -0.1) is 0 Å². The Morgan fingerprint density at radius 2 is 1.78 bits per heavy atom. The van der Waals surface area contributed by atoms with Crippen molar-refractivity contribution in [2.24, 2.45) is 0 Å². The van der Waals surface area contributed by atoms with E-state index in [-0.39, 0.29) is 48.4 Å². The number of carbonyl (C=O) groups is 1. The molecule has 1 saturated heterocycles. The molecule has 0 unspecified atom stereocenters. The molecule has 0 radical (unpaired) electrons. The standard InChI is InChI=1S/C29H29F2N3O6S/c1-18(2)40-23-7-9-25(10-8-23)41(37,38)33-16-21(14-22(33)17-39-24-5-3-4-19(30)12-24)34-28-13-20(31)6-11-26(28)27(32-34)15-29(35)36/h3-13,18,21-22H,14-17H2,1-2H3,(H,35,36)/t21-,22-/m1/s1. The Morgan fingerprint density at radius 3 is 2.46 bits per heavy atom.